The van der Waals surface area contributed by atoms with E-state index < -0.39 is 58.4 Å². The van der Waals surface area contributed by atoms with Gasteiger partial charge < -0.3 is 14.6 Å². The highest BCUT2D eigenvalue weighted by molar-refractivity contribution is 5.95. The summed E-state index contributed by atoms with van der Waals surface area (Å²) in [7, 11) is 0. The fourth-order valence-electron chi connectivity index (χ4n) is 5.37. The van der Waals surface area contributed by atoms with Gasteiger partial charge in [-0.1, -0.05) is 30.3 Å². The fraction of sp³-hybridized carbons (Fsp3) is 0.250. The number of alkyl halides is 6. The number of halogens is 6. The van der Waals surface area contributed by atoms with Crippen LogP contribution in [0.15, 0.2) is 82.0 Å². The van der Waals surface area contributed by atoms with Gasteiger partial charge in [-0.05, 0) is 61.2 Å². The Morgan fingerprint density at radius 3 is 2.22 bits per heavy atom. The molecule has 45 heavy (non-hydrogen) atoms. The summed E-state index contributed by atoms with van der Waals surface area (Å²) in [5, 5.41) is 12.0. The predicted octanol–water partition coefficient (Wildman–Crippen LogP) is 6.35. The van der Waals surface area contributed by atoms with Crippen LogP contribution >= 0.6 is 0 Å². The summed E-state index contributed by atoms with van der Waals surface area (Å²) in [5.74, 6) is -2.03. The molecule has 5 rings (SSSR count). The lowest BCUT2D eigenvalue weighted by atomic mass is 9.91. The standard InChI is InChI=1S/C32H23F6N3O4/c33-31(34,35)21-12-20(13-22(14-21)32(36,37)38)30(44)41-9-8-23(15-24(41)10-18-4-2-1-3-5-18)40-29(43)28-16-26(42)25-11-19(17-39)6-7-27(25)45-28/h1-7,11-14,16,23-24H,8-10,15H2,(H,40,43)/t23-,24+/m0/s1. The van der Waals surface area contributed by atoms with Crippen LogP contribution in [0.5, 0.6) is 0 Å². The molecule has 2 amide bonds. The van der Waals surface area contributed by atoms with Gasteiger partial charge in [-0.3, -0.25) is 14.4 Å². The van der Waals surface area contributed by atoms with Gasteiger partial charge in [0, 0.05) is 30.3 Å². The maximum atomic E-state index is 13.6. The first-order valence-corrected chi connectivity index (χ1v) is 13.7. The normalized spacial score (nSPS) is 17.1. The van der Waals surface area contributed by atoms with Crippen LogP contribution in [0.3, 0.4) is 0 Å². The highest BCUT2D eigenvalue weighted by Gasteiger charge is 2.39. The number of carbonyl (C=O) groups is 2. The molecule has 0 aliphatic carbocycles. The topological polar surface area (TPSA) is 103 Å². The van der Waals surface area contributed by atoms with E-state index in [9.17, 15) is 40.7 Å². The third-order valence-corrected chi connectivity index (χ3v) is 7.54. The molecule has 2 heterocycles. The zero-order valence-corrected chi connectivity index (χ0v) is 23.2. The first kappa shape index (κ1) is 31.3. The summed E-state index contributed by atoms with van der Waals surface area (Å²) in [4.78, 5) is 40.5. The monoisotopic (exact) mass is 627 g/mol. The van der Waals surface area contributed by atoms with E-state index in [0.717, 1.165) is 11.6 Å². The second kappa shape index (κ2) is 12.1. The Kier molecular flexibility index (Phi) is 8.42. The van der Waals surface area contributed by atoms with Crippen molar-refractivity contribution in [2.45, 2.75) is 43.7 Å². The molecule has 0 saturated carbocycles. The molecule has 0 unspecified atom stereocenters. The Labute approximate surface area is 251 Å². The first-order valence-electron chi connectivity index (χ1n) is 13.7. The van der Waals surface area contributed by atoms with Crippen molar-refractivity contribution in [3.8, 4) is 6.07 Å². The number of nitrogens with one attached hydrogen (secondary N) is 1. The number of fused-ring (bicyclic) bond motifs is 1. The number of piperidine rings is 1. The first-order chi connectivity index (χ1) is 21.2. The number of rotatable bonds is 5. The van der Waals surface area contributed by atoms with E-state index in [1.165, 1.54) is 23.1 Å². The maximum Gasteiger partial charge on any atom is 0.416 e. The molecule has 3 aromatic carbocycles. The third-order valence-electron chi connectivity index (χ3n) is 7.54. The molecule has 1 saturated heterocycles. The van der Waals surface area contributed by atoms with Crippen molar-refractivity contribution < 1.29 is 40.3 Å². The highest BCUT2D eigenvalue weighted by atomic mass is 19.4. The van der Waals surface area contributed by atoms with Gasteiger partial charge >= 0.3 is 12.4 Å². The van der Waals surface area contributed by atoms with Gasteiger partial charge in [0.25, 0.3) is 11.8 Å². The van der Waals surface area contributed by atoms with Crippen molar-refractivity contribution in [3.05, 3.63) is 117 Å². The van der Waals surface area contributed by atoms with Gasteiger partial charge in [-0.2, -0.15) is 31.6 Å². The Morgan fingerprint density at radius 1 is 0.933 bits per heavy atom. The van der Waals surface area contributed by atoms with Crippen molar-refractivity contribution in [1.29, 1.82) is 5.26 Å². The average molecular weight is 628 g/mol. The zero-order valence-electron chi connectivity index (χ0n) is 23.2. The molecule has 1 aromatic heterocycles. The number of benzene rings is 3. The molecule has 2 atom stereocenters. The fourth-order valence-corrected chi connectivity index (χ4v) is 5.37. The van der Waals surface area contributed by atoms with Crippen LogP contribution in [-0.4, -0.2) is 35.3 Å². The molecule has 0 radical (unpaired) electrons. The smallest absolute Gasteiger partial charge is 0.416 e. The minimum Gasteiger partial charge on any atom is -0.451 e. The van der Waals surface area contributed by atoms with E-state index in [1.54, 1.807) is 30.3 Å². The van der Waals surface area contributed by atoms with Crippen molar-refractivity contribution in [2.75, 3.05) is 6.54 Å². The van der Waals surface area contributed by atoms with Crippen molar-refractivity contribution >= 4 is 22.8 Å². The summed E-state index contributed by atoms with van der Waals surface area (Å²) >= 11 is 0. The van der Waals surface area contributed by atoms with E-state index in [2.05, 4.69) is 5.32 Å². The Balaban J connectivity index is 1.41. The van der Waals surface area contributed by atoms with Crippen molar-refractivity contribution in [2.24, 2.45) is 0 Å². The number of likely N-dealkylation sites (tertiary alicyclic amines) is 1. The average Bonchev–Trinajstić information content (AvgIpc) is 3.00. The number of nitriles is 1. The minimum absolute atomic E-state index is 0.0341. The van der Waals surface area contributed by atoms with E-state index in [4.69, 9.17) is 9.68 Å². The maximum absolute atomic E-state index is 13.6. The third kappa shape index (κ3) is 7.01. The van der Waals surface area contributed by atoms with Crippen LogP contribution in [0.25, 0.3) is 11.0 Å². The molecular weight excluding hydrogens is 604 g/mol. The molecule has 1 N–H and O–H groups in total. The van der Waals surface area contributed by atoms with Gasteiger partial charge in [0.05, 0.1) is 28.1 Å². The summed E-state index contributed by atoms with van der Waals surface area (Å²) in [6, 6.07) is 15.3. The lowest BCUT2D eigenvalue weighted by molar-refractivity contribution is -0.143. The molecule has 1 fully saturated rings. The lowest BCUT2D eigenvalue weighted by Crippen LogP contribution is -2.52. The molecule has 13 heteroatoms. The number of nitrogens with zero attached hydrogens (tertiary/aromatic N) is 2. The van der Waals surface area contributed by atoms with Gasteiger partial charge in [-0.25, -0.2) is 0 Å². The van der Waals surface area contributed by atoms with Crippen molar-refractivity contribution in [1.82, 2.24) is 10.2 Å². The van der Waals surface area contributed by atoms with E-state index >= 15 is 0 Å². The van der Waals surface area contributed by atoms with E-state index in [-0.39, 0.29) is 54.2 Å². The number of amides is 2. The van der Waals surface area contributed by atoms with Crippen LogP contribution < -0.4 is 10.7 Å². The summed E-state index contributed by atoms with van der Waals surface area (Å²) in [6.45, 7) is -0.0858. The number of carbonyl (C=O) groups excluding carboxylic acids is 2. The minimum atomic E-state index is -5.12. The van der Waals surface area contributed by atoms with E-state index in [1.807, 2.05) is 6.07 Å². The summed E-state index contributed by atoms with van der Waals surface area (Å²) < 4.78 is 86.5. The Bertz CT molecular complexity index is 1830. The Hall–Kier alpha value is -5.12. The van der Waals surface area contributed by atoms with Gasteiger partial charge in [0.1, 0.15) is 5.58 Å². The largest absolute Gasteiger partial charge is 0.451 e. The second-order valence-electron chi connectivity index (χ2n) is 10.6. The zero-order chi connectivity index (χ0) is 32.5. The highest BCUT2D eigenvalue weighted by Crippen LogP contribution is 2.37. The molecule has 7 nitrogen and oxygen atoms in total. The predicted molar refractivity (Wildman–Crippen MR) is 149 cm³/mol. The number of hydrogen-bond acceptors (Lipinski definition) is 5. The lowest BCUT2D eigenvalue weighted by Gasteiger charge is -2.40. The second-order valence-corrected chi connectivity index (χ2v) is 10.6. The van der Waals surface area contributed by atoms with Gasteiger partial charge in [0.15, 0.2) is 11.2 Å². The molecule has 4 aromatic rings. The van der Waals surface area contributed by atoms with Crippen LogP contribution in [0.2, 0.25) is 0 Å². The molecule has 0 spiro atoms. The quantitative estimate of drug-likeness (QED) is 0.260. The number of hydrogen-bond donors (Lipinski definition) is 1. The van der Waals surface area contributed by atoms with Crippen LogP contribution in [0.1, 0.15) is 56.0 Å². The van der Waals surface area contributed by atoms with E-state index in [0.29, 0.717) is 12.1 Å². The summed E-state index contributed by atoms with van der Waals surface area (Å²) in [5.41, 5.74) is -3.41. The van der Waals surface area contributed by atoms with Crippen LogP contribution in [-0.2, 0) is 18.8 Å². The molecule has 232 valence electrons. The van der Waals surface area contributed by atoms with Crippen LogP contribution in [0, 0.1) is 11.3 Å². The molecule has 0 bridgehead atoms. The molecule has 1 aliphatic rings. The molecular formula is C32H23F6N3O4. The van der Waals surface area contributed by atoms with Crippen molar-refractivity contribution in [3.63, 3.8) is 0 Å². The Morgan fingerprint density at radius 2 is 1.60 bits per heavy atom. The van der Waals surface area contributed by atoms with Gasteiger partial charge in [-0.15, -0.1) is 0 Å². The van der Waals surface area contributed by atoms with Gasteiger partial charge in [0.2, 0.25) is 0 Å². The molecule has 1 aliphatic heterocycles. The SMILES string of the molecule is N#Cc1ccc2oc(C(=O)N[C@H]3CCN(C(=O)c4cc(C(F)(F)F)cc(C(F)(F)F)c4)[C@H](Cc4ccccc4)C3)cc(=O)c2c1. The van der Waals surface area contributed by atoms with Crippen LogP contribution in [0.4, 0.5) is 26.3 Å². The summed E-state index contributed by atoms with van der Waals surface area (Å²) in [6.07, 6.45) is -9.80.